The molecular formula is C27H35N3O6. The van der Waals surface area contributed by atoms with Crippen LogP contribution < -0.4 is 9.64 Å². The highest BCUT2D eigenvalue weighted by molar-refractivity contribution is 5.89. The van der Waals surface area contributed by atoms with Crippen molar-refractivity contribution in [3.05, 3.63) is 54.2 Å². The van der Waals surface area contributed by atoms with Crippen molar-refractivity contribution in [2.24, 2.45) is 5.92 Å². The Morgan fingerprint density at radius 3 is 2.17 bits per heavy atom. The maximum Gasteiger partial charge on any atom is 0.328 e. The highest BCUT2D eigenvalue weighted by Gasteiger charge is 2.19. The van der Waals surface area contributed by atoms with Gasteiger partial charge in [-0.25, -0.2) is 14.6 Å². The number of hydrogen-bond donors (Lipinski definition) is 2. The molecule has 194 valence electrons. The van der Waals surface area contributed by atoms with Gasteiger partial charge in [-0.1, -0.05) is 12.1 Å². The molecule has 4 rings (SSSR count). The van der Waals surface area contributed by atoms with Crippen molar-refractivity contribution in [2.45, 2.75) is 19.3 Å². The first kappa shape index (κ1) is 27.2. The van der Waals surface area contributed by atoms with Crippen LogP contribution in [0.25, 0.3) is 11.1 Å². The van der Waals surface area contributed by atoms with Gasteiger partial charge in [-0.15, -0.1) is 0 Å². The number of hydrogen-bond acceptors (Lipinski definition) is 7. The van der Waals surface area contributed by atoms with Gasteiger partial charge in [-0.3, -0.25) is 0 Å². The molecule has 2 fully saturated rings. The lowest BCUT2D eigenvalue weighted by Gasteiger charge is -2.33. The maximum atomic E-state index is 9.55. The Labute approximate surface area is 212 Å². The minimum Gasteiger partial charge on any atom is -0.497 e. The second kappa shape index (κ2) is 13.6. The number of likely N-dealkylation sites (N-methyl/N-ethyl adjacent to an activating group) is 1. The van der Waals surface area contributed by atoms with E-state index in [9.17, 15) is 9.59 Å². The molecule has 2 aliphatic heterocycles. The molecule has 0 bridgehead atoms. The van der Waals surface area contributed by atoms with Gasteiger partial charge in [0.05, 0.1) is 7.11 Å². The van der Waals surface area contributed by atoms with Gasteiger partial charge in [0, 0.05) is 57.2 Å². The number of carboxylic acids is 2. The number of aliphatic carboxylic acids is 2. The third kappa shape index (κ3) is 8.66. The molecule has 0 aliphatic carbocycles. The van der Waals surface area contributed by atoms with E-state index in [4.69, 9.17) is 24.7 Å². The van der Waals surface area contributed by atoms with E-state index in [1.165, 1.54) is 16.8 Å². The molecule has 0 atom stereocenters. The van der Waals surface area contributed by atoms with Crippen LogP contribution in [0.15, 0.2) is 48.6 Å². The number of anilines is 1. The van der Waals surface area contributed by atoms with Gasteiger partial charge in [0.2, 0.25) is 0 Å². The predicted octanol–water partition coefficient (Wildman–Crippen LogP) is 3.19. The van der Waals surface area contributed by atoms with Crippen molar-refractivity contribution >= 4 is 17.8 Å². The van der Waals surface area contributed by atoms with E-state index in [0.29, 0.717) is 18.1 Å². The minimum absolute atomic E-state index is 0.558. The second-order valence-corrected chi connectivity index (χ2v) is 8.99. The van der Waals surface area contributed by atoms with Crippen molar-refractivity contribution < 1.29 is 29.3 Å². The maximum absolute atomic E-state index is 9.55. The largest absolute Gasteiger partial charge is 0.497 e. The van der Waals surface area contributed by atoms with Crippen LogP contribution in [0.4, 0.5) is 5.82 Å². The number of ether oxygens (including phenoxy) is 2. The Morgan fingerprint density at radius 2 is 1.61 bits per heavy atom. The number of carboxylic acid groups (broad SMARTS) is 2. The van der Waals surface area contributed by atoms with Gasteiger partial charge in [0.25, 0.3) is 0 Å². The van der Waals surface area contributed by atoms with Crippen LogP contribution >= 0.6 is 0 Å². The van der Waals surface area contributed by atoms with Crippen LogP contribution in [0, 0.1) is 5.92 Å². The predicted molar refractivity (Wildman–Crippen MR) is 138 cm³/mol. The molecule has 0 saturated carbocycles. The molecule has 0 spiro atoms. The lowest BCUT2D eigenvalue weighted by Crippen LogP contribution is -2.44. The second-order valence-electron chi connectivity index (χ2n) is 8.99. The van der Waals surface area contributed by atoms with Crippen molar-refractivity contribution in [1.82, 2.24) is 9.88 Å². The summed E-state index contributed by atoms with van der Waals surface area (Å²) in [5.41, 5.74) is 3.66. The smallest absolute Gasteiger partial charge is 0.328 e. The monoisotopic (exact) mass is 497 g/mol. The Balaban J connectivity index is 0.000000392. The van der Waals surface area contributed by atoms with Gasteiger partial charge >= 0.3 is 11.9 Å². The van der Waals surface area contributed by atoms with Crippen molar-refractivity contribution in [2.75, 3.05) is 58.5 Å². The van der Waals surface area contributed by atoms with E-state index in [0.717, 1.165) is 70.2 Å². The normalized spacial score (nSPS) is 16.9. The molecule has 2 saturated heterocycles. The van der Waals surface area contributed by atoms with E-state index in [-0.39, 0.29) is 0 Å². The van der Waals surface area contributed by atoms with Crippen molar-refractivity contribution in [1.29, 1.82) is 0 Å². The van der Waals surface area contributed by atoms with Gasteiger partial charge in [0.1, 0.15) is 11.6 Å². The molecular weight excluding hydrogens is 462 g/mol. The standard InChI is InChI=1S/C23H31N3O2.C4H4O4/c1-25-9-11-26(12-10-25)23-17-20(19-3-5-22(27-2)6-4-19)16-21(24-23)15-18-7-13-28-14-8-18;5-3(6)1-2-4(7)8/h3-6,16-18H,7-15H2,1-2H3;1-2H,(H,5,6)(H,7,8)/b;2-1+. The summed E-state index contributed by atoms with van der Waals surface area (Å²) in [6, 6.07) is 12.9. The lowest BCUT2D eigenvalue weighted by atomic mass is 9.93. The molecule has 2 N–H and O–H groups in total. The Kier molecular flexibility index (Phi) is 10.3. The number of pyridine rings is 1. The van der Waals surface area contributed by atoms with Gasteiger partial charge in [-0.05, 0) is 67.6 Å². The fourth-order valence-electron chi connectivity index (χ4n) is 4.21. The highest BCUT2D eigenvalue weighted by atomic mass is 16.5. The van der Waals surface area contributed by atoms with Crippen LogP contribution in [0.2, 0.25) is 0 Å². The summed E-state index contributed by atoms with van der Waals surface area (Å²) in [6.45, 7) is 6.01. The topological polar surface area (TPSA) is 112 Å². The number of rotatable bonds is 7. The molecule has 2 aliphatic rings. The van der Waals surface area contributed by atoms with Crippen LogP contribution in [-0.2, 0) is 20.7 Å². The van der Waals surface area contributed by atoms with E-state index < -0.39 is 11.9 Å². The summed E-state index contributed by atoms with van der Waals surface area (Å²) in [4.78, 5) is 29.0. The Hall–Kier alpha value is -3.43. The summed E-state index contributed by atoms with van der Waals surface area (Å²) < 4.78 is 10.9. The zero-order valence-electron chi connectivity index (χ0n) is 20.9. The third-order valence-electron chi connectivity index (χ3n) is 6.32. The summed E-state index contributed by atoms with van der Waals surface area (Å²) in [5.74, 6) is 0.163. The van der Waals surface area contributed by atoms with Gasteiger partial charge in [0.15, 0.2) is 0 Å². The fraction of sp³-hybridized carbons (Fsp3) is 0.444. The van der Waals surface area contributed by atoms with Crippen LogP contribution in [-0.4, -0.2) is 85.6 Å². The molecule has 0 unspecified atom stereocenters. The molecule has 9 heteroatoms. The Bertz CT molecular complexity index is 1010. The van der Waals surface area contributed by atoms with Crippen LogP contribution in [0.1, 0.15) is 18.5 Å². The molecule has 36 heavy (non-hydrogen) atoms. The first-order valence-corrected chi connectivity index (χ1v) is 12.1. The van der Waals surface area contributed by atoms with Crippen molar-refractivity contribution in [3.63, 3.8) is 0 Å². The van der Waals surface area contributed by atoms with E-state index in [1.54, 1.807) is 7.11 Å². The zero-order valence-corrected chi connectivity index (χ0v) is 20.9. The van der Waals surface area contributed by atoms with E-state index in [2.05, 4.69) is 41.1 Å². The summed E-state index contributed by atoms with van der Waals surface area (Å²) in [5, 5.41) is 15.6. The number of aromatic nitrogens is 1. The first-order chi connectivity index (χ1) is 17.3. The number of piperazine rings is 1. The molecule has 0 radical (unpaired) electrons. The molecule has 3 heterocycles. The SMILES string of the molecule is COc1ccc(-c2cc(CC3CCOCC3)nc(N3CCN(C)CC3)c2)cc1.O=C(O)/C=C/C(=O)O. The molecule has 1 aromatic carbocycles. The van der Waals surface area contributed by atoms with Gasteiger partial charge < -0.3 is 29.5 Å². The van der Waals surface area contributed by atoms with Crippen LogP contribution in [0.3, 0.4) is 0 Å². The summed E-state index contributed by atoms with van der Waals surface area (Å²) in [6.07, 6.45) is 4.43. The Morgan fingerprint density at radius 1 is 1.00 bits per heavy atom. The number of benzene rings is 1. The fourth-order valence-corrected chi connectivity index (χ4v) is 4.21. The van der Waals surface area contributed by atoms with Crippen molar-refractivity contribution in [3.8, 4) is 16.9 Å². The zero-order chi connectivity index (χ0) is 25.9. The highest BCUT2D eigenvalue weighted by Crippen LogP contribution is 2.29. The lowest BCUT2D eigenvalue weighted by molar-refractivity contribution is -0.134. The number of nitrogens with zero attached hydrogens (tertiary/aromatic N) is 3. The quantitative estimate of drug-likeness (QED) is 0.557. The molecule has 2 aromatic rings. The van der Waals surface area contributed by atoms with E-state index >= 15 is 0 Å². The van der Waals surface area contributed by atoms with E-state index in [1.807, 2.05) is 12.1 Å². The number of carbonyl (C=O) groups is 2. The molecule has 1 aromatic heterocycles. The van der Waals surface area contributed by atoms with Gasteiger partial charge in [-0.2, -0.15) is 0 Å². The molecule has 9 nitrogen and oxygen atoms in total. The minimum atomic E-state index is -1.26. The third-order valence-corrected chi connectivity index (χ3v) is 6.32. The average molecular weight is 498 g/mol. The summed E-state index contributed by atoms with van der Waals surface area (Å²) >= 11 is 0. The first-order valence-electron chi connectivity index (χ1n) is 12.1. The average Bonchev–Trinajstić information content (AvgIpc) is 2.89. The van der Waals surface area contributed by atoms with Crippen LogP contribution in [0.5, 0.6) is 5.75 Å². The summed E-state index contributed by atoms with van der Waals surface area (Å²) in [7, 11) is 3.90. The number of methoxy groups -OCH3 is 1. The molecule has 0 amide bonds.